The van der Waals surface area contributed by atoms with Crippen LogP contribution in [0.1, 0.15) is 27.9 Å². The number of hydrogen-bond acceptors (Lipinski definition) is 2. The van der Waals surface area contributed by atoms with Crippen LogP contribution in [-0.2, 0) is 17.4 Å². The first kappa shape index (κ1) is 20.8. The molecule has 0 aliphatic heterocycles. The lowest BCUT2D eigenvalue weighted by atomic mass is 10.1. The monoisotopic (exact) mass is 398 g/mol. The Labute approximate surface area is 159 Å². The molecule has 0 aliphatic rings. The highest BCUT2D eigenvalue weighted by atomic mass is 35.5. The van der Waals surface area contributed by atoms with Crippen molar-refractivity contribution in [2.24, 2.45) is 0 Å². The number of rotatable bonds is 7. The second-order valence-corrected chi connectivity index (χ2v) is 6.24. The molecular weight excluding hydrogens is 381 g/mol. The zero-order chi connectivity index (χ0) is 19.9. The molecule has 2 aromatic carbocycles. The predicted molar refractivity (Wildman–Crippen MR) is 96.6 cm³/mol. The summed E-state index contributed by atoms with van der Waals surface area (Å²) in [4.78, 5) is 23.6. The zero-order valence-electron chi connectivity index (χ0n) is 14.3. The van der Waals surface area contributed by atoms with Gasteiger partial charge in [-0.3, -0.25) is 9.59 Å². The second kappa shape index (κ2) is 9.41. The maximum Gasteiger partial charge on any atom is 0.416 e. The van der Waals surface area contributed by atoms with Gasteiger partial charge >= 0.3 is 6.18 Å². The van der Waals surface area contributed by atoms with Crippen molar-refractivity contribution < 1.29 is 22.8 Å². The van der Waals surface area contributed by atoms with Gasteiger partial charge in [0.05, 0.1) is 5.56 Å². The highest BCUT2D eigenvalue weighted by molar-refractivity contribution is 6.30. The molecule has 0 heterocycles. The zero-order valence-corrected chi connectivity index (χ0v) is 15.0. The number of alkyl halides is 3. The highest BCUT2D eigenvalue weighted by Crippen LogP contribution is 2.29. The van der Waals surface area contributed by atoms with E-state index in [1.165, 1.54) is 12.1 Å². The molecule has 0 radical (unpaired) electrons. The summed E-state index contributed by atoms with van der Waals surface area (Å²) in [5, 5.41) is 5.82. The molecule has 2 N–H and O–H groups in total. The van der Waals surface area contributed by atoms with Crippen LogP contribution < -0.4 is 10.6 Å². The number of benzene rings is 2. The number of hydrogen-bond donors (Lipinski definition) is 2. The number of amides is 2. The van der Waals surface area contributed by atoms with Crippen molar-refractivity contribution in [3.63, 3.8) is 0 Å². The Kier molecular flexibility index (Phi) is 7.24. The lowest BCUT2D eigenvalue weighted by molar-refractivity contribution is -0.137. The van der Waals surface area contributed by atoms with E-state index in [4.69, 9.17) is 11.6 Å². The summed E-state index contributed by atoms with van der Waals surface area (Å²) >= 11 is 5.75. The fraction of sp³-hybridized carbons (Fsp3) is 0.263. The van der Waals surface area contributed by atoms with Gasteiger partial charge < -0.3 is 10.6 Å². The van der Waals surface area contributed by atoms with E-state index in [-0.39, 0.29) is 24.8 Å². The molecule has 2 aromatic rings. The quantitative estimate of drug-likeness (QED) is 0.744. The molecule has 0 bridgehead atoms. The molecule has 0 aliphatic carbocycles. The normalized spacial score (nSPS) is 11.1. The van der Waals surface area contributed by atoms with Crippen molar-refractivity contribution in [3.05, 3.63) is 70.2 Å². The van der Waals surface area contributed by atoms with Crippen molar-refractivity contribution in [1.29, 1.82) is 0 Å². The van der Waals surface area contributed by atoms with Crippen molar-refractivity contribution in [2.75, 3.05) is 13.1 Å². The number of carbonyl (C=O) groups excluding carboxylic acids is 2. The van der Waals surface area contributed by atoms with Crippen molar-refractivity contribution in [1.82, 2.24) is 10.6 Å². The SMILES string of the molecule is O=C(CCNC(=O)c1ccc(Cl)cc1)NCCc1ccc(C(F)(F)F)cc1. The van der Waals surface area contributed by atoms with Gasteiger partial charge in [0, 0.05) is 30.1 Å². The fourth-order valence-electron chi connectivity index (χ4n) is 2.29. The molecule has 0 atom stereocenters. The number of nitrogens with one attached hydrogen (secondary N) is 2. The van der Waals surface area contributed by atoms with Gasteiger partial charge in [-0.25, -0.2) is 0 Å². The number of halogens is 4. The summed E-state index contributed by atoms with van der Waals surface area (Å²) in [5.74, 6) is -0.553. The predicted octanol–water partition coefficient (Wildman–Crippen LogP) is 3.84. The molecule has 0 aromatic heterocycles. The van der Waals surface area contributed by atoms with E-state index in [0.717, 1.165) is 12.1 Å². The standard InChI is InChI=1S/C19H18ClF3N2O2/c20-16-7-3-14(4-8-16)18(27)25-12-10-17(26)24-11-9-13-1-5-15(6-2-13)19(21,22)23/h1-8H,9-12H2,(H,24,26)(H,25,27). The maximum absolute atomic E-state index is 12.5. The summed E-state index contributed by atoms with van der Waals surface area (Å²) < 4.78 is 37.5. The minimum Gasteiger partial charge on any atom is -0.356 e. The molecule has 0 unspecified atom stereocenters. The lowest BCUT2D eigenvalue weighted by Gasteiger charge is -2.09. The van der Waals surface area contributed by atoms with E-state index >= 15 is 0 Å². The van der Waals surface area contributed by atoms with Crippen molar-refractivity contribution >= 4 is 23.4 Å². The smallest absolute Gasteiger partial charge is 0.356 e. The van der Waals surface area contributed by atoms with Gasteiger partial charge in [0.15, 0.2) is 0 Å². The summed E-state index contributed by atoms with van der Waals surface area (Å²) in [6.07, 6.45) is -3.84. The van der Waals surface area contributed by atoms with E-state index in [1.54, 1.807) is 24.3 Å². The van der Waals surface area contributed by atoms with E-state index < -0.39 is 11.7 Å². The molecule has 0 spiro atoms. The van der Waals surface area contributed by atoms with Gasteiger partial charge in [-0.05, 0) is 48.4 Å². The summed E-state index contributed by atoms with van der Waals surface area (Å²) in [5.41, 5.74) is 0.438. The van der Waals surface area contributed by atoms with Crippen LogP contribution in [0.5, 0.6) is 0 Å². The average molecular weight is 399 g/mol. The van der Waals surface area contributed by atoms with Crippen LogP contribution >= 0.6 is 11.6 Å². The van der Waals surface area contributed by atoms with Crippen LogP contribution in [0.4, 0.5) is 13.2 Å². The Bertz CT molecular complexity index is 775. The maximum atomic E-state index is 12.5. The van der Waals surface area contributed by atoms with Crippen molar-refractivity contribution in [3.8, 4) is 0 Å². The van der Waals surface area contributed by atoms with Gasteiger partial charge in [0.2, 0.25) is 5.91 Å². The van der Waals surface area contributed by atoms with E-state index in [1.807, 2.05) is 0 Å². The summed E-state index contributed by atoms with van der Waals surface area (Å²) in [6.45, 7) is 0.475. The molecule has 4 nitrogen and oxygen atoms in total. The summed E-state index contributed by atoms with van der Waals surface area (Å²) in [7, 11) is 0. The Hall–Kier alpha value is -2.54. The molecule has 8 heteroatoms. The van der Waals surface area contributed by atoms with Crippen LogP contribution in [0, 0.1) is 0 Å². The third-order valence-electron chi connectivity index (χ3n) is 3.76. The molecule has 27 heavy (non-hydrogen) atoms. The Morgan fingerprint density at radius 2 is 1.52 bits per heavy atom. The van der Waals surface area contributed by atoms with E-state index in [0.29, 0.717) is 29.1 Å². The molecule has 2 rings (SSSR count). The van der Waals surface area contributed by atoms with Crippen LogP contribution in [-0.4, -0.2) is 24.9 Å². The van der Waals surface area contributed by atoms with Crippen LogP contribution in [0.2, 0.25) is 5.02 Å². The molecule has 2 amide bonds. The van der Waals surface area contributed by atoms with Gasteiger partial charge in [-0.1, -0.05) is 23.7 Å². The van der Waals surface area contributed by atoms with E-state index in [2.05, 4.69) is 10.6 Å². The van der Waals surface area contributed by atoms with Crippen molar-refractivity contribution in [2.45, 2.75) is 19.0 Å². The minimum absolute atomic E-state index is 0.104. The minimum atomic E-state index is -4.36. The Balaban J connectivity index is 1.66. The third-order valence-corrected chi connectivity index (χ3v) is 4.01. The van der Waals surface area contributed by atoms with Gasteiger partial charge in [-0.15, -0.1) is 0 Å². The molecule has 0 saturated carbocycles. The molecule has 0 fully saturated rings. The van der Waals surface area contributed by atoms with E-state index in [9.17, 15) is 22.8 Å². The molecule has 0 saturated heterocycles. The fourth-order valence-corrected chi connectivity index (χ4v) is 2.41. The largest absolute Gasteiger partial charge is 0.416 e. The van der Waals surface area contributed by atoms with Gasteiger partial charge in [0.1, 0.15) is 0 Å². The average Bonchev–Trinajstić information content (AvgIpc) is 2.62. The van der Waals surface area contributed by atoms with Crippen LogP contribution in [0.15, 0.2) is 48.5 Å². The Morgan fingerprint density at radius 3 is 2.11 bits per heavy atom. The molecular formula is C19H18ClF3N2O2. The molecule has 144 valence electrons. The first-order valence-electron chi connectivity index (χ1n) is 8.22. The topological polar surface area (TPSA) is 58.2 Å². The first-order valence-corrected chi connectivity index (χ1v) is 8.60. The van der Waals surface area contributed by atoms with Crippen LogP contribution in [0.25, 0.3) is 0 Å². The second-order valence-electron chi connectivity index (χ2n) is 5.81. The van der Waals surface area contributed by atoms with Gasteiger partial charge in [0.25, 0.3) is 5.91 Å². The van der Waals surface area contributed by atoms with Crippen LogP contribution in [0.3, 0.4) is 0 Å². The first-order chi connectivity index (χ1) is 12.8. The van der Waals surface area contributed by atoms with Gasteiger partial charge in [-0.2, -0.15) is 13.2 Å². The third kappa shape index (κ3) is 6.94. The lowest BCUT2D eigenvalue weighted by Crippen LogP contribution is -2.31. The Morgan fingerprint density at radius 1 is 0.889 bits per heavy atom. The highest BCUT2D eigenvalue weighted by Gasteiger charge is 2.29. The summed E-state index contributed by atoms with van der Waals surface area (Å²) in [6, 6.07) is 11.2. The number of carbonyl (C=O) groups is 2.